The number of anilines is 1. The van der Waals surface area contributed by atoms with Gasteiger partial charge in [0, 0.05) is 6.42 Å². The number of hydrogen-bond acceptors (Lipinski definition) is 3. The zero-order valence-electron chi connectivity index (χ0n) is 10.2. The average Bonchev–Trinajstić information content (AvgIpc) is 2.68. The van der Waals surface area contributed by atoms with Crippen molar-refractivity contribution in [2.75, 3.05) is 10.1 Å². The van der Waals surface area contributed by atoms with E-state index in [2.05, 4.69) is 0 Å². The Morgan fingerprint density at radius 2 is 2.11 bits per heavy atom. The lowest BCUT2D eigenvalue weighted by Crippen LogP contribution is -2.46. The van der Waals surface area contributed by atoms with Gasteiger partial charge in [-0.15, -0.1) is 0 Å². The lowest BCUT2D eigenvalue weighted by atomic mass is 10.1. The van der Waals surface area contributed by atoms with Crippen molar-refractivity contribution in [3.05, 3.63) is 29.8 Å². The first-order valence-electron chi connectivity index (χ1n) is 5.86. The zero-order valence-corrected chi connectivity index (χ0v) is 11.0. The summed E-state index contributed by atoms with van der Waals surface area (Å²) in [6.07, 6.45) is 0.862. The minimum absolute atomic E-state index is 0.0190. The second-order valence-corrected chi connectivity index (χ2v) is 6.33. The number of nitrogens with two attached hydrogens (primary N) is 1. The summed E-state index contributed by atoms with van der Waals surface area (Å²) < 4.78 is 25.6. The third-order valence-electron chi connectivity index (χ3n) is 3.02. The topological polar surface area (TPSA) is 80.5 Å². The van der Waals surface area contributed by atoms with Gasteiger partial charge in [0.25, 0.3) is 0 Å². The second kappa shape index (κ2) is 4.61. The molecule has 1 aliphatic rings. The number of carbonyl (C=O) groups excluding carboxylic acids is 1. The van der Waals surface area contributed by atoms with Crippen LogP contribution in [0.3, 0.4) is 0 Å². The third-order valence-corrected chi connectivity index (χ3v) is 4.99. The van der Waals surface area contributed by atoms with Gasteiger partial charge in [-0.05, 0) is 18.1 Å². The van der Waals surface area contributed by atoms with Gasteiger partial charge in [0.05, 0.1) is 11.4 Å². The molecule has 0 bridgehead atoms. The van der Waals surface area contributed by atoms with Crippen LogP contribution in [0, 0.1) is 0 Å². The summed E-state index contributed by atoms with van der Waals surface area (Å²) in [6.45, 7) is 1.79. The van der Waals surface area contributed by atoms with Crippen LogP contribution in [0.15, 0.2) is 24.3 Å². The van der Waals surface area contributed by atoms with E-state index >= 15 is 0 Å². The summed E-state index contributed by atoms with van der Waals surface area (Å²) in [5, 5.41) is 0. The van der Waals surface area contributed by atoms with E-state index in [9.17, 15) is 13.2 Å². The predicted octanol–water partition coefficient (Wildman–Crippen LogP) is 0.643. The highest BCUT2D eigenvalue weighted by atomic mass is 32.2. The van der Waals surface area contributed by atoms with Crippen LogP contribution < -0.4 is 10.0 Å². The number of benzene rings is 1. The molecule has 2 rings (SSSR count). The Kier molecular flexibility index (Phi) is 3.30. The standard InChI is InChI=1S/C12H16N2O3S/c1-2-7-18(16,17)14-10-6-4-3-5-9(10)8-11(14)12(13)15/h3-6,11H,2,7-8H2,1H3,(H2,13,15). The van der Waals surface area contributed by atoms with Crippen molar-refractivity contribution >= 4 is 21.6 Å². The van der Waals surface area contributed by atoms with Gasteiger partial charge >= 0.3 is 0 Å². The zero-order chi connectivity index (χ0) is 13.3. The predicted molar refractivity (Wildman–Crippen MR) is 69.7 cm³/mol. The molecular weight excluding hydrogens is 252 g/mol. The molecule has 2 N–H and O–H groups in total. The van der Waals surface area contributed by atoms with Crippen LogP contribution in [0.2, 0.25) is 0 Å². The fourth-order valence-corrected chi connectivity index (χ4v) is 4.03. The van der Waals surface area contributed by atoms with Crippen LogP contribution in [0.1, 0.15) is 18.9 Å². The third kappa shape index (κ3) is 2.08. The minimum Gasteiger partial charge on any atom is -0.368 e. The monoisotopic (exact) mass is 268 g/mol. The van der Waals surface area contributed by atoms with Crippen molar-refractivity contribution in [1.82, 2.24) is 0 Å². The molecule has 18 heavy (non-hydrogen) atoms. The molecule has 0 aliphatic carbocycles. The number of amides is 1. The summed E-state index contributed by atoms with van der Waals surface area (Å²) in [4.78, 5) is 11.4. The second-order valence-electron chi connectivity index (χ2n) is 4.36. The van der Waals surface area contributed by atoms with E-state index < -0.39 is 22.0 Å². The Balaban J connectivity index is 2.50. The largest absolute Gasteiger partial charge is 0.368 e. The molecule has 5 nitrogen and oxygen atoms in total. The van der Waals surface area contributed by atoms with Crippen LogP contribution in [0.5, 0.6) is 0 Å². The molecular formula is C12H16N2O3S. The summed E-state index contributed by atoms with van der Waals surface area (Å²) in [5.74, 6) is -0.587. The van der Waals surface area contributed by atoms with Crippen LogP contribution in [-0.2, 0) is 21.2 Å². The number of primary amides is 1. The van der Waals surface area contributed by atoms with Crippen molar-refractivity contribution < 1.29 is 13.2 Å². The lowest BCUT2D eigenvalue weighted by Gasteiger charge is -2.24. The van der Waals surface area contributed by atoms with Crippen LogP contribution in [-0.4, -0.2) is 26.1 Å². The van der Waals surface area contributed by atoms with Crippen molar-refractivity contribution in [3.63, 3.8) is 0 Å². The van der Waals surface area contributed by atoms with Crippen molar-refractivity contribution in [2.45, 2.75) is 25.8 Å². The van der Waals surface area contributed by atoms with Crippen LogP contribution >= 0.6 is 0 Å². The molecule has 1 atom stereocenters. The molecule has 0 saturated carbocycles. The summed E-state index contributed by atoms with van der Waals surface area (Å²) in [5.41, 5.74) is 6.74. The van der Waals surface area contributed by atoms with Gasteiger partial charge in [0.2, 0.25) is 15.9 Å². The maximum Gasteiger partial charge on any atom is 0.241 e. The van der Waals surface area contributed by atoms with Crippen molar-refractivity contribution in [2.24, 2.45) is 5.73 Å². The SMILES string of the molecule is CCCS(=O)(=O)N1c2ccccc2CC1C(N)=O. The smallest absolute Gasteiger partial charge is 0.241 e. The normalized spacial score (nSPS) is 18.7. The van der Waals surface area contributed by atoms with E-state index in [1.807, 2.05) is 12.1 Å². The summed E-state index contributed by atoms with van der Waals surface area (Å²) in [7, 11) is -3.49. The van der Waals surface area contributed by atoms with Gasteiger partial charge in [0.15, 0.2) is 0 Å². The molecule has 1 heterocycles. The van der Waals surface area contributed by atoms with Crippen molar-refractivity contribution in [1.29, 1.82) is 0 Å². The molecule has 1 unspecified atom stereocenters. The number of fused-ring (bicyclic) bond motifs is 1. The van der Waals surface area contributed by atoms with E-state index in [4.69, 9.17) is 5.73 Å². The van der Waals surface area contributed by atoms with Gasteiger partial charge in [0.1, 0.15) is 6.04 Å². The molecule has 0 spiro atoms. The van der Waals surface area contributed by atoms with E-state index in [-0.39, 0.29) is 5.75 Å². The Morgan fingerprint density at radius 1 is 1.44 bits per heavy atom. The van der Waals surface area contributed by atoms with Gasteiger partial charge in [-0.1, -0.05) is 25.1 Å². The number of sulfonamides is 1. The van der Waals surface area contributed by atoms with Gasteiger partial charge in [-0.2, -0.15) is 0 Å². The number of para-hydroxylation sites is 1. The fraction of sp³-hybridized carbons (Fsp3) is 0.417. The Labute approximate surface area is 107 Å². The van der Waals surface area contributed by atoms with Gasteiger partial charge in [-0.25, -0.2) is 8.42 Å². The molecule has 1 aliphatic heterocycles. The maximum atomic E-state index is 12.2. The Bertz CT molecular complexity index is 568. The molecule has 0 aromatic heterocycles. The molecule has 0 saturated heterocycles. The molecule has 0 radical (unpaired) electrons. The van der Waals surface area contributed by atoms with Gasteiger partial charge in [-0.3, -0.25) is 9.10 Å². The van der Waals surface area contributed by atoms with Crippen LogP contribution in [0.25, 0.3) is 0 Å². The molecule has 6 heteroatoms. The first-order chi connectivity index (χ1) is 8.47. The molecule has 1 aromatic carbocycles. The van der Waals surface area contributed by atoms with E-state index in [1.165, 1.54) is 4.31 Å². The van der Waals surface area contributed by atoms with Crippen molar-refractivity contribution in [3.8, 4) is 0 Å². The number of carbonyl (C=O) groups is 1. The number of rotatable bonds is 4. The highest BCUT2D eigenvalue weighted by Gasteiger charge is 2.39. The number of nitrogens with zero attached hydrogens (tertiary/aromatic N) is 1. The summed E-state index contributed by atoms with van der Waals surface area (Å²) in [6, 6.07) is 6.33. The first kappa shape index (κ1) is 12.9. The summed E-state index contributed by atoms with van der Waals surface area (Å²) >= 11 is 0. The number of hydrogen-bond donors (Lipinski definition) is 1. The van der Waals surface area contributed by atoms with E-state index in [1.54, 1.807) is 19.1 Å². The minimum atomic E-state index is -3.49. The average molecular weight is 268 g/mol. The van der Waals surface area contributed by atoms with Gasteiger partial charge < -0.3 is 5.73 Å². The van der Waals surface area contributed by atoms with Crippen LogP contribution in [0.4, 0.5) is 5.69 Å². The molecule has 1 amide bonds. The molecule has 0 fully saturated rings. The maximum absolute atomic E-state index is 12.2. The highest BCUT2D eigenvalue weighted by Crippen LogP contribution is 2.34. The van der Waals surface area contributed by atoms with E-state index in [0.717, 1.165) is 5.56 Å². The highest BCUT2D eigenvalue weighted by molar-refractivity contribution is 7.92. The lowest BCUT2D eigenvalue weighted by molar-refractivity contribution is -0.118. The van der Waals surface area contributed by atoms with E-state index in [0.29, 0.717) is 18.5 Å². The fourth-order valence-electron chi connectivity index (χ4n) is 2.27. The molecule has 1 aromatic rings. The first-order valence-corrected chi connectivity index (χ1v) is 7.47. The Hall–Kier alpha value is -1.56. The quantitative estimate of drug-likeness (QED) is 0.870. The Morgan fingerprint density at radius 3 is 2.72 bits per heavy atom. The molecule has 98 valence electrons.